The molecule has 2 amide bonds. The van der Waals surface area contributed by atoms with Gasteiger partial charge in [-0.2, -0.15) is 0 Å². The molecule has 0 spiro atoms. The van der Waals surface area contributed by atoms with E-state index >= 15 is 8.78 Å². The number of nitrogens with one attached hydrogen (secondary N) is 1. The number of hydrogen-bond donors (Lipinski definition) is 1. The quantitative estimate of drug-likeness (QED) is 0.616. The Hall–Kier alpha value is -3.36. The Morgan fingerprint density at radius 2 is 1.86 bits per heavy atom. The number of hydroxylamine groups is 1. The molecule has 1 aromatic heterocycles. The van der Waals surface area contributed by atoms with Crippen molar-refractivity contribution in [3.63, 3.8) is 0 Å². The maximum absolute atomic E-state index is 15.1. The first-order valence-electron chi connectivity index (χ1n) is 10.7. The lowest BCUT2D eigenvalue weighted by Crippen LogP contribution is -2.35. The zero-order chi connectivity index (χ0) is 25.2. The minimum Gasteiger partial charge on any atom is -0.442 e. The van der Waals surface area contributed by atoms with Crippen molar-refractivity contribution in [3.8, 4) is 0 Å². The first-order valence-corrected chi connectivity index (χ1v) is 12.1. The lowest BCUT2D eigenvalue weighted by molar-refractivity contribution is -0.119. The second-order valence-corrected chi connectivity index (χ2v) is 9.67. The third-order valence-corrected chi connectivity index (χ3v) is 7.14. The van der Waals surface area contributed by atoms with Gasteiger partial charge in [0.2, 0.25) is 5.91 Å². The Morgan fingerprint density at radius 3 is 2.51 bits per heavy atom. The average Bonchev–Trinajstić information content (AvgIpc) is 3.02. The summed E-state index contributed by atoms with van der Waals surface area (Å²) in [6.45, 7) is 1.09. The number of carbonyl (C=O) groups is 2. The fourth-order valence-electron chi connectivity index (χ4n) is 3.78. The van der Waals surface area contributed by atoms with E-state index in [4.69, 9.17) is 9.57 Å². The molecule has 0 saturated carbocycles. The number of amides is 2. The molecule has 4 rings (SSSR count). The van der Waals surface area contributed by atoms with Crippen molar-refractivity contribution in [2.45, 2.75) is 17.9 Å². The Kier molecular flexibility index (Phi) is 7.14. The molecule has 2 aliphatic rings. The van der Waals surface area contributed by atoms with Crippen LogP contribution in [0.5, 0.6) is 0 Å². The monoisotopic (exact) mass is 511 g/mol. The van der Waals surface area contributed by atoms with Gasteiger partial charge in [-0.05, 0) is 12.1 Å². The molecular formula is C21H23F2N5O6S. The predicted molar refractivity (Wildman–Crippen MR) is 119 cm³/mol. The van der Waals surface area contributed by atoms with Crippen LogP contribution in [0.2, 0.25) is 0 Å². The first-order chi connectivity index (χ1) is 16.7. The van der Waals surface area contributed by atoms with Crippen molar-refractivity contribution >= 4 is 33.4 Å². The fourth-order valence-corrected chi connectivity index (χ4v) is 5.01. The molecule has 0 bridgehead atoms. The molecule has 11 nitrogen and oxygen atoms in total. The summed E-state index contributed by atoms with van der Waals surface area (Å²) in [5.41, 5.74) is -0.394. The van der Waals surface area contributed by atoms with Gasteiger partial charge in [-0.1, -0.05) is 4.47 Å². The number of anilines is 2. The summed E-state index contributed by atoms with van der Waals surface area (Å²) >= 11 is 0. The fraction of sp³-hybridized carbons (Fsp3) is 0.381. The van der Waals surface area contributed by atoms with Crippen LogP contribution in [0.1, 0.15) is 6.92 Å². The highest BCUT2D eigenvalue weighted by Gasteiger charge is 2.34. The first kappa shape index (κ1) is 24.8. The summed E-state index contributed by atoms with van der Waals surface area (Å²) in [5.74, 6) is -2.15. The van der Waals surface area contributed by atoms with E-state index in [0.717, 1.165) is 21.5 Å². The summed E-state index contributed by atoms with van der Waals surface area (Å²) in [5, 5.41) is 2.53. The van der Waals surface area contributed by atoms with Crippen LogP contribution in [0.25, 0.3) is 0 Å². The molecule has 2 aliphatic heterocycles. The number of ether oxygens (including phenoxy) is 1. The van der Waals surface area contributed by atoms with Crippen molar-refractivity contribution in [1.82, 2.24) is 14.8 Å². The van der Waals surface area contributed by atoms with Gasteiger partial charge in [-0.3, -0.25) is 19.5 Å². The van der Waals surface area contributed by atoms with Crippen molar-refractivity contribution < 1.29 is 36.4 Å². The number of cyclic esters (lactones) is 1. The van der Waals surface area contributed by atoms with Gasteiger partial charge in [-0.25, -0.2) is 22.0 Å². The van der Waals surface area contributed by atoms with Crippen LogP contribution in [0.3, 0.4) is 0 Å². The van der Waals surface area contributed by atoms with Crippen LogP contribution in [0.4, 0.5) is 25.0 Å². The number of nitrogens with zero attached hydrogens (tertiary/aromatic N) is 4. The van der Waals surface area contributed by atoms with E-state index < -0.39 is 33.9 Å². The summed E-state index contributed by atoms with van der Waals surface area (Å²) < 4.78 is 61.6. The largest absolute Gasteiger partial charge is 0.442 e. The van der Waals surface area contributed by atoms with Crippen LogP contribution in [0, 0.1) is 11.6 Å². The highest BCUT2D eigenvalue weighted by Crippen LogP contribution is 2.31. The zero-order valence-electron chi connectivity index (χ0n) is 18.7. The van der Waals surface area contributed by atoms with Gasteiger partial charge >= 0.3 is 6.09 Å². The summed E-state index contributed by atoms with van der Waals surface area (Å²) in [7, 11) is -3.98. The van der Waals surface area contributed by atoms with E-state index in [0.29, 0.717) is 0 Å². The molecule has 2 fully saturated rings. The van der Waals surface area contributed by atoms with Gasteiger partial charge in [0, 0.05) is 44.5 Å². The zero-order valence-corrected chi connectivity index (χ0v) is 19.5. The third kappa shape index (κ3) is 5.33. The van der Waals surface area contributed by atoms with Crippen LogP contribution < -0.4 is 15.1 Å². The molecule has 1 atom stereocenters. The Morgan fingerprint density at radius 1 is 1.17 bits per heavy atom. The van der Waals surface area contributed by atoms with Crippen molar-refractivity contribution in [1.29, 1.82) is 0 Å². The number of benzene rings is 1. The van der Waals surface area contributed by atoms with E-state index in [1.807, 2.05) is 0 Å². The molecule has 188 valence electrons. The van der Waals surface area contributed by atoms with Crippen LogP contribution in [-0.4, -0.2) is 75.3 Å². The number of hydrogen-bond acceptors (Lipinski definition) is 8. The number of halogens is 2. The number of aromatic nitrogens is 1. The number of pyridine rings is 1. The van der Waals surface area contributed by atoms with E-state index in [1.165, 1.54) is 36.4 Å². The minimum atomic E-state index is -3.98. The normalized spacial score (nSPS) is 19.4. The topological polar surface area (TPSA) is 121 Å². The maximum Gasteiger partial charge on any atom is 0.414 e. The molecule has 1 aromatic carbocycles. The average molecular weight is 512 g/mol. The molecule has 2 aromatic rings. The molecule has 3 heterocycles. The summed E-state index contributed by atoms with van der Waals surface area (Å²) in [4.78, 5) is 34.8. The van der Waals surface area contributed by atoms with Gasteiger partial charge in [0.25, 0.3) is 10.0 Å². The third-order valence-electron chi connectivity index (χ3n) is 5.45. The smallest absolute Gasteiger partial charge is 0.414 e. The highest BCUT2D eigenvalue weighted by molar-refractivity contribution is 7.89. The number of carbonyl (C=O) groups excluding carboxylic acids is 2. The molecule has 0 radical (unpaired) electrons. The lowest BCUT2D eigenvalue weighted by atomic mass is 10.2. The second kappa shape index (κ2) is 10.1. The lowest BCUT2D eigenvalue weighted by Gasteiger charge is -2.24. The van der Waals surface area contributed by atoms with Gasteiger partial charge < -0.3 is 15.0 Å². The standard InChI is InChI=1S/C21H23F2N5O6S/c1-14(29)25-12-16-13-27(21(30)34-16)15-10-18(22)20(19(23)11-15)26-6-7-28(33-9-8-26)35(31,32)17-2-4-24-5-3-17/h2-5,10-11,16H,6-9,12-13H2,1H3,(H,25,29)/t16-/m0/s1. The van der Waals surface area contributed by atoms with Gasteiger partial charge in [0.05, 0.1) is 36.8 Å². The van der Waals surface area contributed by atoms with Crippen molar-refractivity contribution in [2.75, 3.05) is 49.1 Å². The Labute approximate surface area is 200 Å². The van der Waals surface area contributed by atoms with Gasteiger partial charge in [-0.15, -0.1) is 0 Å². The van der Waals surface area contributed by atoms with Gasteiger partial charge in [0.1, 0.15) is 11.8 Å². The van der Waals surface area contributed by atoms with Crippen LogP contribution >= 0.6 is 0 Å². The predicted octanol–water partition coefficient (Wildman–Crippen LogP) is 1.26. The molecule has 2 saturated heterocycles. The minimum absolute atomic E-state index is 0.0106. The highest BCUT2D eigenvalue weighted by atomic mass is 32.2. The van der Waals surface area contributed by atoms with E-state index in [2.05, 4.69) is 10.3 Å². The SMILES string of the molecule is CC(=O)NC[C@H]1CN(c2cc(F)c(N3CCON(S(=O)(=O)c4ccncc4)CC3)c(F)c2)C(=O)O1. The Bertz CT molecular complexity index is 1190. The molecule has 0 unspecified atom stereocenters. The van der Waals surface area contributed by atoms with Gasteiger partial charge in [0.15, 0.2) is 11.6 Å². The maximum atomic E-state index is 15.1. The van der Waals surface area contributed by atoms with Crippen molar-refractivity contribution in [3.05, 3.63) is 48.3 Å². The molecule has 35 heavy (non-hydrogen) atoms. The summed E-state index contributed by atoms with van der Waals surface area (Å²) in [6, 6.07) is 4.67. The molecule has 0 aliphatic carbocycles. The second-order valence-electron chi connectivity index (χ2n) is 7.85. The molecule has 14 heteroatoms. The Balaban J connectivity index is 1.48. The van der Waals surface area contributed by atoms with Crippen LogP contribution in [0.15, 0.2) is 41.6 Å². The molecule has 1 N–H and O–H groups in total. The number of rotatable bonds is 6. The van der Waals surface area contributed by atoms with Crippen LogP contribution in [-0.2, 0) is 24.4 Å². The molecular weight excluding hydrogens is 488 g/mol. The number of sulfonamides is 1. The van der Waals surface area contributed by atoms with E-state index in [-0.39, 0.29) is 61.5 Å². The summed E-state index contributed by atoms with van der Waals surface area (Å²) in [6.07, 6.45) is 1.23. The van der Waals surface area contributed by atoms with E-state index in [9.17, 15) is 18.0 Å². The van der Waals surface area contributed by atoms with E-state index in [1.54, 1.807) is 0 Å². The van der Waals surface area contributed by atoms with Crippen molar-refractivity contribution in [2.24, 2.45) is 0 Å².